The highest BCUT2D eigenvalue weighted by atomic mass is 32.1. The molecular weight excluding hydrogens is 320 g/mol. The van der Waals surface area contributed by atoms with Crippen molar-refractivity contribution >= 4 is 33.5 Å². The van der Waals surface area contributed by atoms with Crippen LogP contribution in [0.2, 0.25) is 0 Å². The van der Waals surface area contributed by atoms with Crippen LogP contribution in [0.5, 0.6) is 5.75 Å². The van der Waals surface area contributed by atoms with E-state index in [1.807, 2.05) is 48.5 Å². The van der Waals surface area contributed by atoms with E-state index in [4.69, 9.17) is 4.74 Å². The Kier molecular flexibility index (Phi) is 4.01. The maximum atomic E-state index is 12.3. The van der Waals surface area contributed by atoms with Gasteiger partial charge in [0.2, 0.25) is 0 Å². The van der Waals surface area contributed by atoms with Gasteiger partial charge in [-0.3, -0.25) is 4.79 Å². The van der Waals surface area contributed by atoms with Crippen molar-refractivity contribution in [2.75, 3.05) is 13.2 Å². The summed E-state index contributed by atoms with van der Waals surface area (Å²) in [6, 6.07) is 15.8. The van der Waals surface area contributed by atoms with Crippen molar-refractivity contribution in [3.63, 3.8) is 0 Å². The Hall–Kier alpha value is -2.66. The van der Waals surface area contributed by atoms with Gasteiger partial charge in [0, 0.05) is 18.5 Å². The number of para-hydroxylation sites is 2. The number of rotatable bonds is 4. The molecule has 4 nitrogen and oxygen atoms in total. The minimum absolute atomic E-state index is 0.0781. The van der Waals surface area contributed by atoms with Crippen LogP contribution in [0.1, 0.15) is 10.6 Å². The Morgan fingerprint density at radius 1 is 1.17 bits per heavy atom. The van der Waals surface area contributed by atoms with Crippen LogP contribution in [0, 0.1) is 0 Å². The summed E-state index contributed by atoms with van der Waals surface area (Å²) in [5.41, 5.74) is 2.61. The second kappa shape index (κ2) is 6.45. The summed E-state index contributed by atoms with van der Waals surface area (Å²) in [4.78, 5) is 16.9. The fourth-order valence-corrected chi connectivity index (χ4v) is 3.64. The lowest BCUT2D eigenvalue weighted by Crippen LogP contribution is -2.30. The molecule has 2 heterocycles. The minimum Gasteiger partial charge on any atom is -0.488 e. The molecule has 0 saturated heterocycles. The van der Waals surface area contributed by atoms with E-state index in [-0.39, 0.29) is 5.91 Å². The number of nitrogens with one attached hydrogen (secondary N) is 1. The highest BCUT2D eigenvalue weighted by Gasteiger charge is 2.16. The number of fused-ring (bicyclic) bond motifs is 2. The lowest BCUT2D eigenvalue weighted by atomic mass is 10.1. The van der Waals surface area contributed by atoms with Gasteiger partial charge in [0.1, 0.15) is 12.4 Å². The normalized spacial score (nSPS) is 13.1. The number of ether oxygens (including phenoxy) is 1. The van der Waals surface area contributed by atoms with Gasteiger partial charge in [-0.2, -0.15) is 0 Å². The number of thiazole rings is 1. The van der Waals surface area contributed by atoms with E-state index in [1.54, 1.807) is 11.3 Å². The predicted molar refractivity (Wildman–Crippen MR) is 96.2 cm³/mol. The van der Waals surface area contributed by atoms with Gasteiger partial charge < -0.3 is 10.1 Å². The number of benzene rings is 2. The van der Waals surface area contributed by atoms with Gasteiger partial charge in [-0.1, -0.05) is 30.3 Å². The largest absolute Gasteiger partial charge is 0.488 e. The minimum atomic E-state index is -0.0781. The van der Waals surface area contributed by atoms with Gasteiger partial charge >= 0.3 is 0 Å². The quantitative estimate of drug-likeness (QED) is 0.794. The molecule has 1 amide bonds. The van der Waals surface area contributed by atoms with Gasteiger partial charge in [0.05, 0.1) is 20.8 Å². The van der Waals surface area contributed by atoms with Crippen LogP contribution in [0.15, 0.2) is 54.1 Å². The van der Waals surface area contributed by atoms with Crippen molar-refractivity contribution in [3.8, 4) is 5.75 Å². The molecule has 0 fully saturated rings. The summed E-state index contributed by atoms with van der Waals surface area (Å²) >= 11 is 1.67. The topological polar surface area (TPSA) is 51.2 Å². The Morgan fingerprint density at radius 3 is 2.92 bits per heavy atom. The number of carbonyl (C=O) groups excluding carboxylic acids is 1. The standard InChI is InChI=1S/C19H16N2O2S/c22-19(14-11-13-5-1-3-7-16(13)23-12-14)20-10-9-18-21-15-6-2-4-8-17(15)24-18/h1-8,11H,9-10,12H2,(H,20,22). The van der Waals surface area contributed by atoms with Crippen molar-refractivity contribution in [2.24, 2.45) is 0 Å². The Morgan fingerprint density at radius 2 is 2.00 bits per heavy atom. The number of aromatic nitrogens is 1. The summed E-state index contributed by atoms with van der Waals surface area (Å²) in [6.45, 7) is 0.877. The molecule has 0 aliphatic carbocycles. The van der Waals surface area contributed by atoms with Crippen LogP contribution in [-0.4, -0.2) is 24.0 Å². The molecule has 5 heteroatoms. The third-order valence-corrected chi connectivity index (χ3v) is 4.98. The molecule has 3 aromatic rings. The molecule has 0 radical (unpaired) electrons. The zero-order chi connectivity index (χ0) is 16.4. The SMILES string of the molecule is O=C(NCCc1nc2ccccc2s1)C1=Cc2ccccc2OC1. The van der Waals surface area contributed by atoms with E-state index in [0.717, 1.165) is 28.3 Å². The lowest BCUT2D eigenvalue weighted by molar-refractivity contribution is -0.117. The zero-order valence-electron chi connectivity index (χ0n) is 13.0. The van der Waals surface area contributed by atoms with Gasteiger partial charge in [0.15, 0.2) is 0 Å². The molecule has 2 aromatic carbocycles. The van der Waals surface area contributed by atoms with E-state index in [1.165, 1.54) is 4.70 Å². The van der Waals surface area contributed by atoms with Crippen LogP contribution in [-0.2, 0) is 11.2 Å². The fourth-order valence-electron chi connectivity index (χ4n) is 2.67. The summed E-state index contributed by atoms with van der Waals surface area (Å²) in [5, 5.41) is 3.99. The molecule has 0 bridgehead atoms. The van der Waals surface area contributed by atoms with Crippen molar-refractivity contribution in [1.29, 1.82) is 0 Å². The smallest absolute Gasteiger partial charge is 0.250 e. The molecule has 1 aliphatic rings. The predicted octanol–water partition coefficient (Wildman–Crippen LogP) is 3.43. The number of amides is 1. The zero-order valence-corrected chi connectivity index (χ0v) is 13.8. The molecule has 0 unspecified atom stereocenters. The Bertz CT molecular complexity index is 897. The maximum absolute atomic E-state index is 12.3. The first-order chi connectivity index (χ1) is 11.8. The third-order valence-electron chi connectivity index (χ3n) is 3.89. The molecule has 1 N–H and O–H groups in total. The first-order valence-corrected chi connectivity index (χ1v) is 8.66. The fraction of sp³-hybridized carbons (Fsp3) is 0.158. The molecule has 0 spiro atoms. The van der Waals surface area contributed by atoms with Crippen LogP contribution >= 0.6 is 11.3 Å². The van der Waals surface area contributed by atoms with Gasteiger partial charge in [0.25, 0.3) is 5.91 Å². The van der Waals surface area contributed by atoms with E-state index in [2.05, 4.69) is 16.4 Å². The van der Waals surface area contributed by atoms with Gasteiger partial charge in [-0.15, -0.1) is 11.3 Å². The van der Waals surface area contributed by atoms with Crippen LogP contribution in [0.3, 0.4) is 0 Å². The third kappa shape index (κ3) is 3.03. The molecule has 0 atom stereocenters. The van der Waals surface area contributed by atoms with Crippen molar-refractivity contribution in [1.82, 2.24) is 10.3 Å². The van der Waals surface area contributed by atoms with Gasteiger partial charge in [-0.05, 0) is 24.3 Å². The maximum Gasteiger partial charge on any atom is 0.250 e. The number of nitrogens with zero attached hydrogens (tertiary/aromatic N) is 1. The number of hydrogen-bond donors (Lipinski definition) is 1. The highest BCUT2D eigenvalue weighted by Crippen LogP contribution is 2.25. The van der Waals surface area contributed by atoms with Gasteiger partial charge in [-0.25, -0.2) is 4.98 Å². The van der Waals surface area contributed by atoms with Crippen molar-refractivity contribution in [3.05, 3.63) is 64.7 Å². The number of hydrogen-bond acceptors (Lipinski definition) is 4. The lowest BCUT2D eigenvalue weighted by Gasteiger charge is -2.17. The molecule has 1 aliphatic heterocycles. The molecule has 0 saturated carbocycles. The summed E-state index contributed by atoms with van der Waals surface area (Å²) < 4.78 is 6.80. The second-order valence-corrected chi connectivity index (χ2v) is 6.69. The summed E-state index contributed by atoms with van der Waals surface area (Å²) in [6.07, 6.45) is 2.63. The Balaban J connectivity index is 1.38. The first kappa shape index (κ1) is 14.9. The van der Waals surface area contributed by atoms with Crippen LogP contribution < -0.4 is 10.1 Å². The molecular formula is C19H16N2O2S. The average molecular weight is 336 g/mol. The van der Waals surface area contributed by atoms with E-state index < -0.39 is 0 Å². The second-order valence-electron chi connectivity index (χ2n) is 5.58. The highest BCUT2D eigenvalue weighted by molar-refractivity contribution is 7.18. The van der Waals surface area contributed by atoms with E-state index in [9.17, 15) is 4.79 Å². The monoisotopic (exact) mass is 336 g/mol. The number of carbonyl (C=O) groups is 1. The first-order valence-electron chi connectivity index (χ1n) is 7.85. The molecule has 24 heavy (non-hydrogen) atoms. The van der Waals surface area contributed by atoms with Crippen LogP contribution in [0.4, 0.5) is 0 Å². The van der Waals surface area contributed by atoms with E-state index >= 15 is 0 Å². The summed E-state index contributed by atoms with van der Waals surface area (Å²) in [7, 11) is 0. The van der Waals surface area contributed by atoms with Crippen molar-refractivity contribution < 1.29 is 9.53 Å². The van der Waals surface area contributed by atoms with E-state index in [0.29, 0.717) is 18.7 Å². The molecule has 4 rings (SSSR count). The Labute approximate surface area is 143 Å². The molecule has 120 valence electrons. The summed E-state index contributed by atoms with van der Waals surface area (Å²) in [5.74, 6) is 0.745. The average Bonchev–Trinajstić information content (AvgIpc) is 3.04. The molecule has 1 aromatic heterocycles. The van der Waals surface area contributed by atoms with Crippen molar-refractivity contribution in [2.45, 2.75) is 6.42 Å². The van der Waals surface area contributed by atoms with Crippen LogP contribution in [0.25, 0.3) is 16.3 Å².